The second-order valence-electron chi connectivity index (χ2n) is 1.41. The molecule has 0 saturated heterocycles. The van der Waals surface area contributed by atoms with Crippen LogP contribution in [0.25, 0.3) is 0 Å². The van der Waals surface area contributed by atoms with Gasteiger partial charge in [-0.25, -0.2) is 4.79 Å². The fourth-order valence-electron chi connectivity index (χ4n) is 0.424. The fraction of sp³-hybridized carbons (Fsp3) is 0.400. The molecule has 0 fully saturated rings. The van der Waals surface area contributed by atoms with E-state index in [9.17, 15) is 4.79 Å². The van der Waals surface area contributed by atoms with Crippen LogP contribution in [0.15, 0.2) is 19.9 Å². The fourth-order valence-corrected chi connectivity index (χ4v) is 0.424. The molecule has 3 nitrogen and oxygen atoms in total. The van der Waals surface area contributed by atoms with E-state index in [0.29, 0.717) is 12.2 Å². The minimum Gasteiger partial charge on any atom is -0.399 e. The van der Waals surface area contributed by atoms with E-state index in [0.717, 1.165) is 0 Å². The van der Waals surface area contributed by atoms with Gasteiger partial charge in [-0.05, 0) is 0 Å². The Hall–Kier alpha value is -0.990. The zero-order chi connectivity index (χ0) is 5.98. The summed E-state index contributed by atoms with van der Waals surface area (Å²) in [4.78, 5) is 10.1. The van der Waals surface area contributed by atoms with Gasteiger partial charge in [0.05, 0.1) is 0 Å². The first-order chi connectivity index (χ1) is 3.83. The summed E-state index contributed by atoms with van der Waals surface area (Å²) in [6, 6.07) is 0. The van der Waals surface area contributed by atoms with Gasteiger partial charge in [-0.15, -0.1) is 0 Å². The number of rotatable bonds is 1. The van der Waals surface area contributed by atoms with Gasteiger partial charge in [0.2, 0.25) is 0 Å². The third-order valence-electron chi connectivity index (χ3n) is 0.849. The second-order valence-corrected chi connectivity index (χ2v) is 1.41. The van der Waals surface area contributed by atoms with Gasteiger partial charge in [0.1, 0.15) is 12.0 Å². The van der Waals surface area contributed by atoms with Gasteiger partial charge in [0, 0.05) is 6.42 Å². The summed E-state index contributed by atoms with van der Waals surface area (Å²) in [5, 5.41) is 0. The molecule has 0 aliphatic heterocycles. The Labute approximate surface area is 45.9 Å². The molecule has 1 aromatic rings. The van der Waals surface area contributed by atoms with Crippen LogP contribution in [0.2, 0.25) is 0 Å². The van der Waals surface area contributed by atoms with Crippen molar-refractivity contribution in [3.63, 3.8) is 0 Å². The molecule has 0 amide bonds. The normalized spacial score (nSPS) is 9.62. The van der Waals surface area contributed by atoms with E-state index in [1.54, 1.807) is 0 Å². The highest BCUT2D eigenvalue weighted by Crippen LogP contribution is 1.93. The summed E-state index contributed by atoms with van der Waals surface area (Å²) < 4.78 is 8.84. The van der Waals surface area contributed by atoms with Gasteiger partial charge >= 0.3 is 5.82 Å². The molecule has 0 aliphatic rings. The molecule has 0 atom stereocenters. The van der Waals surface area contributed by atoms with Crippen LogP contribution >= 0.6 is 0 Å². The molecule has 44 valence electrons. The Bertz CT molecular complexity index is 207. The lowest BCUT2D eigenvalue weighted by Crippen LogP contribution is -1.85. The van der Waals surface area contributed by atoms with Crippen molar-refractivity contribution in [2.75, 3.05) is 0 Å². The lowest BCUT2D eigenvalue weighted by molar-refractivity contribution is 0.375. The van der Waals surface area contributed by atoms with Crippen LogP contribution in [0.3, 0.4) is 0 Å². The highest BCUT2D eigenvalue weighted by Gasteiger charge is 1.93. The van der Waals surface area contributed by atoms with Crippen molar-refractivity contribution >= 4 is 0 Å². The van der Waals surface area contributed by atoms with E-state index in [1.165, 1.54) is 6.26 Å². The van der Waals surface area contributed by atoms with E-state index >= 15 is 0 Å². The quantitative estimate of drug-likeness (QED) is 0.542. The van der Waals surface area contributed by atoms with E-state index in [-0.39, 0.29) is 0 Å². The summed E-state index contributed by atoms with van der Waals surface area (Å²) in [6.07, 6.45) is 2.02. The highest BCUT2D eigenvalue weighted by atomic mass is 16.6. The first-order valence-corrected chi connectivity index (χ1v) is 2.40. The van der Waals surface area contributed by atoms with E-state index in [4.69, 9.17) is 0 Å². The first kappa shape index (κ1) is 5.15. The maximum Gasteiger partial charge on any atom is 0.518 e. The lowest BCUT2D eigenvalue weighted by Gasteiger charge is -1.74. The second kappa shape index (κ2) is 1.86. The minimum absolute atomic E-state index is 0.593. The molecule has 3 heteroatoms. The van der Waals surface area contributed by atoms with Crippen molar-refractivity contribution < 1.29 is 8.83 Å². The summed E-state index contributed by atoms with van der Waals surface area (Å²) in [7, 11) is 0. The molecule has 1 heterocycles. The molecule has 0 radical (unpaired) electrons. The Balaban J connectivity index is 3.01. The molecule has 0 aromatic carbocycles. The number of hydrogen-bond donors (Lipinski definition) is 0. The largest absolute Gasteiger partial charge is 0.518 e. The Morgan fingerprint density at radius 3 is 2.75 bits per heavy atom. The Morgan fingerprint density at radius 2 is 2.50 bits per heavy atom. The maximum absolute atomic E-state index is 10.1. The molecule has 0 aliphatic carbocycles. The van der Waals surface area contributed by atoms with Crippen molar-refractivity contribution in [2.24, 2.45) is 0 Å². The van der Waals surface area contributed by atoms with Gasteiger partial charge in [0.15, 0.2) is 0 Å². The summed E-state index contributed by atoms with van der Waals surface area (Å²) in [5.74, 6) is -0.0307. The van der Waals surface area contributed by atoms with Crippen molar-refractivity contribution in [1.29, 1.82) is 0 Å². The van der Waals surface area contributed by atoms with Gasteiger partial charge in [-0.2, -0.15) is 0 Å². The zero-order valence-corrected chi connectivity index (χ0v) is 4.51. The van der Waals surface area contributed by atoms with Gasteiger partial charge in [-0.1, -0.05) is 6.92 Å². The number of aryl methyl sites for hydroxylation is 1. The van der Waals surface area contributed by atoms with Crippen molar-refractivity contribution in [3.8, 4) is 0 Å². The molecular weight excluding hydrogens is 108 g/mol. The van der Waals surface area contributed by atoms with Crippen molar-refractivity contribution in [2.45, 2.75) is 13.3 Å². The van der Waals surface area contributed by atoms with Crippen LogP contribution in [0.4, 0.5) is 0 Å². The van der Waals surface area contributed by atoms with Crippen LogP contribution in [0.1, 0.15) is 12.7 Å². The summed E-state index contributed by atoms with van der Waals surface area (Å²) in [5.41, 5.74) is 0. The average Bonchev–Trinajstić information content (AvgIpc) is 2.14. The van der Waals surface area contributed by atoms with E-state index in [1.807, 2.05) is 6.92 Å². The standard InChI is InChI=1S/C5H6O3/c1-2-4-3-7-5(6)8-4/h3H,2H2,1H3. The highest BCUT2D eigenvalue weighted by molar-refractivity contribution is 4.82. The predicted molar refractivity (Wildman–Crippen MR) is 26.6 cm³/mol. The molecule has 8 heavy (non-hydrogen) atoms. The Morgan fingerprint density at radius 1 is 1.75 bits per heavy atom. The van der Waals surface area contributed by atoms with Crippen molar-refractivity contribution in [1.82, 2.24) is 0 Å². The van der Waals surface area contributed by atoms with Crippen LogP contribution in [0.5, 0.6) is 0 Å². The molecular formula is C5H6O3. The Kier molecular flexibility index (Phi) is 1.20. The average molecular weight is 114 g/mol. The van der Waals surface area contributed by atoms with Crippen LogP contribution in [-0.4, -0.2) is 0 Å². The van der Waals surface area contributed by atoms with Crippen molar-refractivity contribution in [3.05, 3.63) is 22.6 Å². The third kappa shape index (κ3) is 0.804. The molecule has 0 bridgehead atoms. The smallest absolute Gasteiger partial charge is 0.399 e. The minimum atomic E-state index is -0.623. The topological polar surface area (TPSA) is 43.4 Å². The molecule has 0 spiro atoms. The van der Waals surface area contributed by atoms with Crippen LogP contribution in [-0.2, 0) is 6.42 Å². The van der Waals surface area contributed by atoms with E-state index < -0.39 is 5.82 Å². The molecule has 0 unspecified atom stereocenters. The number of hydrogen-bond acceptors (Lipinski definition) is 3. The zero-order valence-electron chi connectivity index (χ0n) is 4.51. The first-order valence-electron chi connectivity index (χ1n) is 2.40. The van der Waals surface area contributed by atoms with Crippen LogP contribution in [0, 0.1) is 0 Å². The van der Waals surface area contributed by atoms with E-state index in [2.05, 4.69) is 8.83 Å². The SMILES string of the molecule is CCc1coc(=O)o1. The molecule has 0 N–H and O–H groups in total. The van der Waals surface area contributed by atoms with Gasteiger partial charge in [0.25, 0.3) is 0 Å². The molecule has 1 aromatic heterocycles. The third-order valence-corrected chi connectivity index (χ3v) is 0.849. The lowest BCUT2D eigenvalue weighted by atomic mass is 10.4. The van der Waals surface area contributed by atoms with Gasteiger partial charge < -0.3 is 8.83 Å². The monoisotopic (exact) mass is 114 g/mol. The molecule has 0 saturated carbocycles. The van der Waals surface area contributed by atoms with Gasteiger partial charge in [-0.3, -0.25) is 0 Å². The molecule has 1 rings (SSSR count). The van der Waals surface area contributed by atoms with Crippen LogP contribution < -0.4 is 5.82 Å². The summed E-state index contributed by atoms with van der Waals surface area (Å²) >= 11 is 0. The maximum atomic E-state index is 10.1. The summed E-state index contributed by atoms with van der Waals surface area (Å²) in [6.45, 7) is 1.88. The predicted octanol–water partition coefficient (Wildman–Crippen LogP) is 0.795.